The average Bonchev–Trinajstić information content (AvgIpc) is 2.54. The van der Waals surface area contributed by atoms with E-state index in [-0.39, 0.29) is 24.2 Å². The quantitative estimate of drug-likeness (QED) is 0.837. The Labute approximate surface area is 146 Å². The SMILES string of the molecule is CC(C)[C@H](N)C(=O)NCC1CCCCN1Cc1ccccc1.Cl. The third-order valence-corrected chi connectivity index (χ3v) is 4.51. The van der Waals surface area contributed by atoms with Crippen molar-refractivity contribution < 1.29 is 4.79 Å². The van der Waals surface area contributed by atoms with Crippen LogP contribution in [0.25, 0.3) is 0 Å². The number of carbonyl (C=O) groups excluding carboxylic acids is 1. The number of piperidine rings is 1. The largest absolute Gasteiger partial charge is 0.353 e. The summed E-state index contributed by atoms with van der Waals surface area (Å²) in [7, 11) is 0. The summed E-state index contributed by atoms with van der Waals surface area (Å²) in [6, 6.07) is 10.5. The zero-order valence-electron chi connectivity index (χ0n) is 14.2. The van der Waals surface area contributed by atoms with Gasteiger partial charge in [-0.05, 0) is 30.9 Å². The molecule has 1 aliphatic heterocycles. The molecule has 0 bridgehead atoms. The number of amides is 1. The molecule has 1 saturated heterocycles. The van der Waals surface area contributed by atoms with Gasteiger partial charge in [0.25, 0.3) is 0 Å². The van der Waals surface area contributed by atoms with Gasteiger partial charge in [-0.1, -0.05) is 50.6 Å². The molecule has 4 nitrogen and oxygen atoms in total. The lowest BCUT2D eigenvalue weighted by Gasteiger charge is -2.36. The van der Waals surface area contributed by atoms with Gasteiger partial charge in [-0.15, -0.1) is 12.4 Å². The topological polar surface area (TPSA) is 58.4 Å². The van der Waals surface area contributed by atoms with Crippen molar-refractivity contribution in [3.63, 3.8) is 0 Å². The second kappa shape index (κ2) is 9.91. The highest BCUT2D eigenvalue weighted by Gasteiger charge is 2.24. The van der Waals surface area contributed by atoms with E-state index in [1.54, 1.807) is 0 Å². The highest BCUT2D eigenvalue weighted by Crippen LogP contribution is 2.19. The highest BCUT2D eigenvalue weighted by molar-refractivity contribution is 5.85. The number of nitrogens with two attached hydrogens (primary N) is 1. The number of hydrogen-bond donors (Lipinski definition) is 2. The van der Waals surface area contributed by atoms with E-state index in [1.807, 2.05) is 19.9 Å². The molecular formula is C18H30ClN3O. The number of carbonyl (C=O) groups is 1. The Kier molecular flexibility index (Phi) is 8.59. The number of benzene rings is 1. The van der Waals surface area contributed by atoms with Crippen molar-refractivity contribution in [1.29, 1.82) is 0 Å². The molecule has 2 atom stereocenters. The standard InChI is InChI=1S/C18H29N3O.ClH/c1-14(2)17(19)18(22)20-12-16-10-6-7-11-21(16)13-15-8-4-3-5-9-15;/h3-5,8-9,14,16-17H,6-7,10-13,19H2,1-2H3,(H,20,22);1H/t16?,17-;/m0./s1. The summed E-state index contributed by atoms with van der Waals surface area (Å²) >= 11 is 0. The first-order valence-corrected chi connectivity index (χ1v) is 8.39. The van der Waals surface area contributed by atoms with Crippen molar-refractivity contribution in [2.45, 2.75) is 51.7 Å². The molecular weight excluding hydrogens is 310 g/mol. The van der Waals surface area contributed by atoms with Crippen LogP contribution in [0.1, 0.15) is 38.7 Å². The molecule has 1 unspecified atom stereocenters. The predicted molar refractivity (Wildman–Crippen MR) is 97.6 cm³/mol. The summed E-state index contributed by atoms with van der Waals surface area (Å²) in [5.74, 6) is 0.145. The molecule has 0 spiro atoms. The zero-order valence-corrected chi connectivity index (χ0v) is 15.0. The van der Waals surface area contributed by atoms with Crippen molar-refractivity contribution in [3.8, 4) is 0 Å². The summed E-state index contributed by atoms with van der Waals surface area (Å²) in [5.41, 5.74) is 7.24. The Morgan fingerprint density at radius 2 is 2.00 bits per heavy atom. The van der Waals surface area contributed by atoms with Crippen LogP contribution in [0.2, 0.25) is 0 Å². The lowest BCUT2D eigenvalue weighted by molar-refractivity contribution is -0.123. The summed E-state index contributed by atoms with van der Waals surface area (Å²) in [5, 5.41) is 3.04. The second-order valence-electron chi connectivity index (χ2n) is 6.62. The van der Waals surface area contributed by atoms with E-state index >= 15 is 0 Å². The molecule has 2 rings (SSSR count). The molecule has 23 heavy (non-hydrogen) atoms. The van der Waals surface area contributed by atoms with Crippen LogP contribution in [0.4, 0.5) is 0 Å². The summed E-state index contributed by atoms with van der Waals surface area (Å²) < 4.78 is 0. The Hall–Kier alpha value is -1.10. The van der Waals surface area contributed by atoms with E-state index in [4.69, 9.17) is 5.73 Å². The van der Waals surface area contributed by atoms with E-state index < -0.39 is 6.04 Å². The first-order valence-electron chi connectivity index (χ1n) is 8.39. The third-order valence-electron chi connectivity index (χ3n) is 4.51. The minimum absolute atomic E-state index is 0. The molecule has 1 aromatic rings. The molecule has 1 heterocycles. The van der Waals surface area contributed by atoms with Gasteiger partial charge in [0.05, 0.1) is 6.04 Å². The number of halogens is 1. The predicted octanol–water partition coefficient (Wildman–Crippen LogP) is 2.56. The normalized spacial score (nSPS) is 19.9. The third kappa shape index (κ3) is 6.13. The van der Waals surface area contributed by atoms with Gasteiger partial charge in [0.2, 0.25) is 5.91 Å². The summed E-state index contributed by atoms with van der Waals surface area (Å²) in [4.78, 5) is 14.5. The zero-order chi connectivity index (χ0) is 15.9. The van der Waals surface area contributed by atoms with Crippen LogP contribution in [0.3, 0.4) is 0 Å². The number of likely N-dealkylation sites (tertiary alicyclic amines) is 1. The van der Waals surface area contributed by atoms with Gasteiger partial charge in [0.1, 0.15) is 0 Å². The van der Waals surface area contributed by atoms with Gasteiger partial charge in [0, 0.05) is 19.1 Å². The number of hydrogen-bond acceptors (Lipinski definition) is 3. The molecule has 0 saturated carbocycles. The van der Waals surface area contributed by atoms with Crippen molar-refractivity contribution in [3.05, 3.63) is 35.9 Å². The second-order valence-corrected chi connectivity index (χ2v) is 6.62. The van der Waals surface area contributed by atoms with Crippen molar-refractivity contribution in [2.75, 3.05) is 13.1 Å². The van der Waals surface area contributed by atoms with Crippen LogP contribution in [0, 0.1) is 5.92 Å². The van der Waals surface area contributed by atoms with E-state index in [0.29, 0.717) is 12.6 Å². The fourth-order valence-electron chi connectivity index (χ4n) is 2.96. The molecule has 1 aromatic carbocycles. The Morgan fingerprint density at radius 1 is 1.30 bits per heavy atom. The molecule has 3 N–H and O–H groups in total. The summed E-state index contributed by atoms with van der Waals surface area (Å²) in [6.45, 7) is 6.72. The molecule has 1 aliphatic rings. The van der Waals surface area contributed by atoms with Gasteiger partial charge in [-0.2, -0.15) is 0 Å². The average molecular weight is 340 g/mol. The highest BCUT2D eigenvalue weighted by atomic mass is 35.5. The molecule has 0 aliphatic carbocycles. The Balaban J connectivity index is 0.00000264. The number of rotatable bonds is 6. The van der Waals surface area contributed by atoms with Crippen LogP contribution in [0.15, 0.2) is 30.3 Å². The van der Waals surface area contributed by atoms with Gasteiger partial charge in [0.15, 0.2) is 0 Å². The minimum Gasteiger partial charge on any atom is -0.353 e. The van der Waals surface area contributed by atoms with Crippen LogP contribution < -0.4 is 11.1 Å². The van der Waals surface area contributed by atoms with Crippen LogP contribution in [-0.4, -0.2) is 36.0 Å². The van der Waals surface area contributed by atoms with E-state index in [0.717, 1.165) is 19.5 Å². The first-order chi connectivity index (χ1) is 10.6. The van der Waals surface area contributed by atoms with Crippen LogP contribution in [-0.2, 0) is 11.3 Å². The summed E-state index contributed by atoms with van der Waals surface area (Å²) in [6.07, 6.45) is 3.62. The molecule has 0 aromatic heterocycles. The maximum Gasteiger partial charge on any atom is 0.237 e. The van der Waals surface area contributed by atoms with E-state index in [1.165, 1.54) is 18.4 Å². The molecule has 130 valence electrons. The van der Waals surface area contributed by atoms with Crippen molar-refractivity contribution >= 4 is 18.3 Å². The van der Waals surface area contributed by atoms with Crippen molar-refractivity contribution in [2.24, 2.45) is 11.7 Å². The maximum absolute atomic E-state index is 12.0. The Morgan fingerprint density at radius 3 is 2.65 bits per heavy atom. The van der Waals surface area contributed by atoms with E-state index in [2.05, 4.69) is 34.5 Å². The van der Waals surface area contributed by atoms with Gasteiger partial charge in [-0.3, -0.25) is 9.69 Å². The smallest absolute Gasteiger partial charge is 0.237 e. The fourth-order valence-corrected chi connectivity index (χ4v) is 2.96. The molecule has 5 heteroatoms. The van der Waals surface area contributed by atoms with Gasteiger partial charge >= 0.3 is 0 Å². The Bertz CT molecular complexity index is 467. The minimum atomic E-state index is -0.411. The van der Waals surface area contributed by atoms with Crippen LogP contribution in [0.5, 0.6) is 0 Å². The lowest BCUT2D eigenvalue weighted by Crippen LogP contribution is -2.50. The van der Waals surface area contributed by atoms with Gasteiger partial charge in [-0.25, -0.2) is 0 Å². The van der Waals surface area contributed by atoms with Crippen molar-refractivity contribution in [1.82, 2.24) is 10.2 Å². The van der Waals surface area contributed by atoms with E-state index in [9.17, 15) is 4.79 Å². The fraction of sp³-hybridized carbons (Fsp3) is 0.611. The first kappa shape index (κ1) is 19.9. The van der Waals surface area contributed by atoms with Gasteiger partial charge < -0.3 is 11.1 Å². The maximum atomic E-state index is 12.0. The van der Waals surface area contributed by atoms with Crippen LogP contribution >= 0.6 is 12.4 Å². The lowest BCUT2D eigenvalue weighted by atomic mass is 10.00. The number of nitrogens with zero attached hydrogens (tertiary/aromatic N) is 1. The molecule has 1 fully saturated rings. The molecule has 1 amide bonds. The monoisotopic (exact) mass is 339 g/mol. The number of nitrogens with one attached hydrogen (secondary N) is 1. The molecule has 0 radical (unpaired) electrons.